The molecule has 0 radical (unpaired) electrons. The molecule has 11 aromatic rings. The second-order valence-electron chi connectivity index (χ2n) is 15.6. The van der Waals surface area contributed by atoms with Crippen molar-refractivity contribution < 1.29 is 13.3 Å². The van der Waals surface area contributed by atoms with Crippen LogP contribution in [0.15, 0.2) is 133 Å². The summed E-state index contributed by atoms with van der Waals surface area (Å²) in [6.07, 6.45) is 0. The summed E-state index contributed by atoms with van der Waals surface area (Å²) >= 11 is 0. The van der Waals surface area contributed by atoms with Gasteiger partial charge in [-0.1, -0.05) is 118 Å². The average molecular weight is 717 g/mol. The van der Waals surface area contributed by atoms with Gasteiger partial charge in [-0.15, -0.1) is 0 Å². The normalized spacial score (nSPS) is 14.6. The Kier molecular flexibility index (Phi) is 5.30. The molecule has 0 spiro atoms. The molecule has 55 heavy (non-hydrogen) atoms. The summed E-state index contributed by atoms with van der Waals surface area (Å²) in [7, 11) is 0. The smallest absolute Gasteiger partial charge is 0.151 e. The van der Waals surface area contributed by atoms with Gasteiger partial charge in [-0.2, -0.15) is 0 Å². The lowest BCUT2D eigenvalue weighted by atomic mass is 9.85. The molecule has 0 fully saturated rings. The molecule has 11 rings (SSSR count). The Balaban J connectivity index is 1.30. The summed E-state index contributed by atoms with van der Waals surface area (Å²) in [6, 6.07) is 42.9. The summed E-state index contributed by atoms with van der Waals surface area (Å²) in [5.74, 6) is 0.0373. The first-order valence-corrected chi connectivity index (χ1v) is 18.5. The first-order valence-electron chi connectivity index (χ1n) is 21.5. The predicted molar refractivity (Wildman–Crippen MR) is 229 cm³/mol. The van der Waals surface area contributed by atoms with Crippen molar-refractivity contribution in [1.82, 2.24) is 18.8 Å². The maximum atomic E-state index is 12.0. The van der Waals surface area contributed by atoms with E-state index in [9.17, 15) is 5.11 Å². The van der Waals surface area contributed by atoms with Crippen LogP contribution in [0, 0.1) is 13.7 Å². The van der Waals surface area contributed by atoms with Gasteiger partial charge in [0.1, 0.15) is 11.4 Å². The average Bonchev–Trinajstić information content (AvgIpc) is 3.79. The van der Waals surface area contributed by atoms with E-state index in [1.807, 2.05) is 52.9 Å². The monoisotopic (exact) mass is 716 g/mol. The van der Waals surface area contributed by atoms with Crippen molar-refractivity contribution in [3.8, 4) is 39.1 Å². The Bertz CT molecular complexity index is 3600. The summed E-state index contributed by atoms with van der Waals surface area (Å²) < 4.78 is 55.3. The summed E-state index contributed by atoms with van der Waals surface area (Å²) in [5.41, 5.74) is 10.8. The molecule has 4 heterocycles. The lowest BCUT2D eigenvalue weighted by Crippen LogP contribution is -2.10. The van der Waals surface area contributed by atoms with Crippen LogP contribution in [0.1, 0.15) is 45.7 Å². The molecule has 0 atom stereocenters. The van der Waals surface area contributed by atoms with Crippen molar-refractivity contribution in [2.75, 3.05) is 0 Å². The second-order valence-corrected chi connectivity index (χ2v) is 15.6. The summed E-state index contributed by atoms with van der Waals surface area (Å²) in [4.78, 5) is 10.8. The number of nitrogens with zero attached hydrogens (tertiary/aromatic N) is 4. The number of benzene rings is 7. The Hall–Kier alpha value is -6.72. The predicted octanol–water partition coefficient (Wildman–Crippen LogP) is 12.8. The molecule has 0 amide bonds. The number of rotatable bonds is 3. The van der Waals surface area contributed by atoms with Crippen LogP contribution in [-0.4, -0.2) is 23.9 Å². The number of hydrogen-bond acceptors (Lipinski definition) is 3. The zero-order valence-electron chi connectivity index (χ0n) is 36.4. The highest BCUT2D eigenvalue weighted by Gasteiger charge is 2.26. The number of aromatic nitrogens is 4. The number of aromatic hydroxyl groups is 1. The number of para-hydroxylation sites is 1. The van der Waals surface area contributed by atoms with Crippen LogP contribution in [-0.2, 0) is 5.41 Å². The number of phenolic OH excluding ortho intramolecular Hbond substituents is 1. The number of pyridine rings is 1. The van der Waals surface area contributed by atoms with Gasteiger partial charge in [-0.3, -0.25) is 8.80 Å². The van der Waals surface area contributed by atoms with Gasteiger partial charge in [0.2, 0.25) is 0 Å². The van der Waals surface area contributed by atoms with Gasteiger partial charge in [-0.05, 0) is 99.8 Å². The molecule has 0 aliphatic heterocycles. The molecule has 0 unspecified atom stereocenters. The molecule has 5 heteroatoms. The van der Waals surface area contributed by atoms with Crippen molar-refractivity contribution in [3.63, 3.8) is 0 Å². The topological polar surface area (TPSA) is 54.8 Å². The fourth-order valence-electron chi connectivity index (χ4n) is 8.73. The van der Waals surface area contributed by atoms with Gasteiger partial charge < -0.3 is 5.11 Å². The number of hydrogen-bond donors (Lipinski definition) is 1. The fraction of sp³-hybridized carbons (Fsp3) is 0.120. The van der Waals surface area contributed by atoms with Gasteiger partial charge >= 0.3 is 0 Å². The maximum absolute atomic E-state index is 12.0. The van der Waals surface area contributed by atoms with Crippen LogP contribution in [0.5, 0.6) is 5.75 Å². The molecule has 0 aliphatic rings. The molecular formula is C50H38N4O. The van der Waals surface area contributed by atoms with Crippen molar-refractivity contribution in [2.24, 2.45) is 0 Å². The van der Waals surface area contributed by atoms with E-state index in [4.69, 9.17) is 18.2 Å². The minimum Gasteiger partial charge on any atom is -0.507 e. The van der Waals surface area contributed by atoms with Gasteiger partial charge in [0, 0.05) is 30.1 Å². The van der Waals surface area contributed by atoms with Gasteiger partial charge in [0.25, 0.3) is 0 Å². The standard InChI is InChI=1S/C50H38N4O/c1-28-12-8-13-29(2)42(28)38-22-24-40-47-45(38)52-48-37-19-7-6-18-35(37)36-23-25-41(55)43(46(36)54(47)48)49-51-44-34(20-11-21-39(44)53(40)49)32-16-9-14-30(26-32)31-15-10-17-33(27-31)50(3,4)5/h6-27,55H,1-5H3/i1D3,2D3. The van der Waals surface area contributed by atoms with Crippen LogP contribution in [0.3, 0.4) is 0 Å². The highest BCUT2D eigenvalue weighted by Crippen LogP contribution is 2.45. The molecule has 0 bridgehead atoms. The van der Waals surface area contributed by atoms with E-state index in [-0.39, 0.29) is 27.9 Å². The summed E-state index contributed by atoms with van der Waals surface area (Å²) in [5, 5.41) is 15.2. The van der Waals surface area contributed by atoms with Crippen LogP contribution >= 0.6 is 0 Å². The third-order valence-electron chi connectivity index (χ3n) is 11.3. The number of phenols is 1. The lowest BCUT2D eigenvalue weighted by molar-refractivity contribution is 0.482. The van der Waals surface area contributed by atoms with E-state index in [1.54, 1.807) is 12.1 Å². The first-order chi connectivity index (χ1) is 29.1. The number of imidazole rings is 2. The van der Waals surface area contributed by atoms with Crippen LogP contribution in [0.4, 0.5) is 0 Å². The Labute approximate surface area is 326 Å². The molecule has 264 valence electrons. The molecule has 0 saturated heterocycles. The number of fused-ring (bicyclic) bond motifs is 8. The maximum Gasteiger partial charge on any atom is 0.151 e. The van der Waals surface area contributed by atoms with E-state index in [2.05, 4.69) is 79.8 Å². The highest BCUT2D eigenvalue weighted by atomic mass is 16.3. The van der Waals surface area contributed by atoms with Gasteiger partial charge in [-0.25, -0.2) is 9.97 Å². The Morgan fingerprint density at radius 3 is 2.05 bits per heavy atom. The van der Waals surface area contributed by atoms with Crippen molar-refractivity contribution in [1.29, 1.82) is 0 Å². The zero-order valence-corrected chi connectivity index (χ0v) is 30.4. The molecule has 1 N–H and O–H groups in total. The largest absolute Gasteiger partial charge is 0.507 e. The number of aryl methyl sites for hydroxylation is 2. The SMILES string of the molecule is [2H]C([2H])([2H])c1cccc(C([2H])([2H])[2H])c1-c1ccc2c3c1nc1c4ccccc4c4ccc(O)c(c5nc6c(-c7cccc(-c8cccc(C(C)(C)C)c8)c7)cccc6n25)c4n13. The minimum atomic E-state index is -2.62. The van der Waals surface area contributed by atoms with Crippen LogP contribution < -0.4 is 0 Å². The second kappa shape index (κ2) is 11.2. The van der Waals surface area contributed by atoms with Gasteiger partial charge in [0.05, 0.1) is 38.5 Å². The van der Waals surface area contributed by atoms with Gasteiger partial charge in [0.15, 0.2) is 5.65 Å². The molecule has 4 aromatic heterocycles. The molecular weight excluding hydrogens is 673 g/mol. The zero-order chi connectivity index (χ0) is 42.3. The van der Waals surface area contributed by atoms with E-state index < -0.39 is 13.7 Å². The van der Waals surface area contributed by atoms with E-state index in [1.165, 1.54) is 23.8 Å². The Morgan fingerprint density at radius 1 is 0.545 bits per heavy atom. The van der Waals surface area contributed by atoms with E-state index in [0.717, 1.165) is 49.4 Å². The van der Waals surface area contributed by atoms with Crippen molar-refractivity contribution >= 4 is 65.9 Å². The molecule has 7 aromatic carbocycles. The Morgan fingerprint density at radius 2 is 1.25 bits per heavy atom. The minimum absolute atomic E-state index is 0.00589. The third-order valence-corrected chi connectivity index (χ3v) is 11.3. The van der Waals surface area contributed by atoms with E-state index in [0.29, 0.717) is 44.3 Å². The van der Waals surface area contributed by atoms with Crippen molar-refractivity contribution in [3.05, 3.63) is 150 Å². The van der Waals surface area contributed by atoms with Crippen LogP contribution in [0.2, 0.25) is 0 Å². The van der Waals surface area contributed by atoms with E-state index >= 15 is 0 Å². The quantitative estimate of drug-likeness (QED) is 0.185. The van der Waals surface area contributed by atoms with Crippen LogP contribution in [0.25, 0.3) is 99.3 Å². The molecule has 0 saturated carbocycles. The summed E-state index contributed by atoms with van der Waals surface area (Å²) in [6.45, 7) is 1.40. The first kappa shape index (κ1) is 26.1. The lowest BCUT2D eigenvalue weighted by Gasteiger charge is -2.20. The highest BCUT2D eigenvalue weighted by molar-refractivity contribution is 6.23. The third kappa shape index (κ3) is 4.41. The molecule has 5 nitrogen and oxygen atoms in total. The molecule has 0 aliphatic carbocycles. The van der Waals surface area contributed by atoms with Crippen molar-refractivity contribution in [2.45, 2.75) is 39.9 Å². The fourth-order valence-corrected chi connectivity index (χ4v) is 8.73.